The first-order valence-corrected chi connectivity index (χ1v) is 1.62. The van der Waals surface area contributed by atoms with E-state index in [9.17, 15) is 9.18 Å². The molecule has 0 heterocycles. The summed E-state index contributed by atoms with van der Waals surface area (Å²) >= 11 is 4.53. The summed E-state index contributed by atoms with van der Waals surface area (Å²) in [5, 5.41) is 0. The molecule has 2 nitrogen and oxygen atoms in total. The fraction of sp³-hybridized carbons (Fsp3) is 0.500. The van der Waals surface area contributed by atoms with E-state index in [0.717, 1.165) is 0 Å². The lowest BCUT2D eigenvalue weighted by molar-refractivity contribution is -0.120. The van der Waals surface area contributed by atoms with Crippen LogP contribution in [0.2, 0.25) is 1.41 Å². The van der Waals surface area contributed by atoms with Gasteiger partial charge in [-0.15, -0.1) is 0 Å². The van der Waals surface area contributed by atoms with Crippen molar-refractivity contribution in [1.29, 1.82) is 0 Å². The minimum atomic E-state index is -2.10. The number of primary amides is 1. The number of carbonyl (C=O) groups excluding carboxylic acids is 1. The molecule has 1 unspecified atom stereocenters. The predicted molar refractivity (Wildman–Crippen MR) is 19.9 cm³/mol. The van der Waals surface area contributed by atoms with Crippen molar-refractivity contribution in [3.63, 3.8) is 0 Å². The van der Waals surface area contributed by atoms with E-state index in [1.54, 1.807) is 0 Å². The van der Waals surface area contributed by atoms with Crippen LogP contribution in [-0.2, 0) is 4.79 Å². The molecule has 2 N–H and O–H groups in total. The summed E-state index contributed by atoms with van der Waals surface area (Å²) in [6.45, 7) is 0. The molecule has 6 heavy (non-hydrogen) atoms. The van der Waals surface area contributed by atoms with Crippen molar-refractivity contribution >= 4 is 17.5 Å². The van der Waals surface area contributed by atoms with Crippen LogP contribution in [-0.4, -0.2) is 11.5 Å². The van der Waals surface area contributed by atoms with Gasteiger partial charge in [0, 0.05) is 0 Å². The van der Waals surface area contributed by atoms with Crippen LogP contribution in [0.15, 0.2) is 0 Å². The van der Waals surface area contributed by atoms with Gasteiger partial charge in [0.1, 0.15) is 0 Å². The molecule has 0 saturated carbocycles. The Morgan fingerprint density at radius 2 is 2.83 bits per heavy atom. The number of amides is 1. The van der Waals surface area contributed by atoms with Gasteiger partial charge in [-0.25, -0.2) is 4.39 Å². The largest absolute Gasteiger partial charge is 0.366 e. The summed E-state index contributed by atoms with van der Waals surface area (Å²) in [6.07, 6.45) is 0. The monoisotopic (exact) mass is 112 g/mol. The Balaban J connectivity index is 3.35. The number of alkyl halides is 2. The molecule has 4 heteroatoms. The van der Waals surface area contributed by atoms with E-state index < -0.39 is 11.5 Å². The average molecular weight is 113 g/mol. The maximum Gasteiger partial charge on any atom is 0.267 e. The molecule has 0 aliphatic carbocycles. The summed E-state index contributed by atoms with van der Waals surface area (Å²) in [6, 6.07) is 0. The Labute approximate surface area is 40.5 Å². The van der Waals surface area contributed by atoms with E-state index >= 15 is 0 Å². The third-order valence-electron chi connectivity index (χ3n) is 0.198. The highest BCUT2D eigenvalue weighted by Crippen LogP contribution is 1.91. The normalized spacial score (nSPS) is 15.3. The van der Waals surface area contributed by atoms with Gasteiger partial charge < -0.3 is 5.73 Å². The smallest absolute Gasteiger partial charge is 0.267 e. The number of carbonyl (C=O) groups is 1. The fourth-order valence-corrected chi connectivity index (χ4v) is 0. The van der Waals surface area contributed by atoms with E-state index in [0.29, 0.717) is 0 Å². The van der Waals surface area contributed by atoms with E-state index in [1.807, 2.05) is 0 Å². The number of halogens is 2. The molecule has 0 fully saturated rings. The molecule has 0 aliphatic heterocycles. The first-order valence-electron chi connectivity index (χ1n) is 1.68. The van der Waals surface area contributed by atoms with Crippen LogP contribution in [0.1, 0.15) is 0 Å². The number of hydrogen-bond donors (Lipinski definition) is 1. The van der Waals surface area contributed by atoms with Crippen molar-refractivity contribution in [3.05, 3.63) is 0 Å². The summed E-state index contributed by atoms with van der Waals surface area (Å²) in [5.41, 5.74) is -0.831. The van der Waals surface area contributed by atoms with E-state index in [4.69, 9.17) is 1.41 Å². The third kappa shape index (κ3) is 1.96. The molecule has 1 atom stereocenters. The first kappa shape index (κ1) is 3.87. The second-order valence-corrected chi connectivity index (χ2v) is 1.05. The van der Waals surface area contributed by atoms with Crippen molar-refractivity contribution in [2.75, 3.05) is 0 Å². The molecular formula is C2H3ClFNO. The van der Waals surface area contributed by atoms with Crippen LogP contribution in [0.25, 0.3) is 0 Å². The van der Waals surface area contributed by atoms with Gasteiger partial charge in [-0.2, -0.15) is 0 Å². The average Bonchev–Trinajstić information content (AvgIpc) is 1.65. The van der Waals surface area contributed by atoms with Crippen LogP contribution in [0.5, 0.6) is 0 Å². The van der Waals surface area contributed by atoms with Crippen LogP contribution >= 0.6 is 11.6 Å². The van der Waals surface area contributed by atoms with Gasteiger partial charge in [0.15, 0.2) is 1.41 Å². The predicted octanol–water partition coefficient (Wildman–Crippen LogP) is 0.00610. The lowest BCUT2D eigenvalue weighted by atomic mass is 10.7. The Morgan fingerprint density at radius 1 is 2.33 bits per heavy atom. The summed E-state index contributed by atoms with van der Waals surface area (Å²) < 4.78 is 17.3. The molecule has 0 radical (unpaired) electrons. The van der Waals surface area contributed by atoms with Crippen LogP contribution in [0, 0.1) is 0 Å². The molecule has 1 amide bonds. The quantitative estimate of drug-likeness (QED) is 0.477. The Bertz CT molecular complexity index is 78.1. The molecule has 0 bridgehead atoms. The lowest BCUT2D eigenvalue weighted by Gasteiger charge is -1.84. The van der Waals surface area contributed by atoms with Gasteiger partial charge in [0.25, 0.3) is 11.5 Å². The lowest BCUT2D eigenvalue weighted by Crippen LogP contribution is -2.18. The van der Waals surface area contributed by atoms with Gasteiger partial charge in [-0.3, -0.25) is 4.79 Å². The highest BCUT2D eigenvalue weighted by Gasteiger charge is 2.04. The van der Waals surface area contributed by atoms with Crippen molar-refractivity contribution in [1.82, 2.24) is 0 Å². The summed E-state index contributed by atoms with van der Waals surface area (Å²) in [7, 11) is 0. The van der Waals surface area contributed by atoms with Crippen molar-refractivity contribution in [3.8, 4) is 0 Å². The van der Waals surface area contributed by atoms with Gasteiger partial charge in [-0.05, 0) is 0 Å². The minimum absolute atomic E-state index is 1.14. The van der Waals surface area contributed by atoms with Crippen molar-refractivity contribution < 1.29 is 10.6 Å². The molecule has 0 aromatic carbocycles. The standard InChI is InChI=1S/C2H3ClFNO/c3-1(4)2(5)6/h1H,(H2,5,6)/i/hD. The first-order chi connectivity index (χ1) is 3.18. The summed E-state index contributed by atoms with van der Waals surface area (Å²) in [5.74, 6) is -1.14. The molecule has 0 saturated heterocycles. The zero-order valence-electron chi connectivity index (χ0n) is 3.74. The SMILES string of the molecule is [2H]NC(=O)C(F)Cl. The van der Waals surface area contributed by atoms with Crippen LogP contribution in [0.3, 0.4) is 0 Å². The maximum absolute atomic E-state index is 11.3. The highest BCUT2D eigenvalue weighted by atomic mass is 35.5. The molecule has 0 aromatic rings. The Morgan fingerprint density at radius 3 is 2.83 bits per heavy atom. The van der Waals surface area contributed by atoms with Crippen LogP contribution in [0.4, 0.5) is 4.39 Å². The molecule has 0 aromatic heterocycles. The van der Waals surface area contributed by atoms with Crippen molar-refractivity contribution in [2.24, 2.45) is 5.73 Å². The maximum atomic E-state index is 11.3. The summed E-state index contributed by atoms with van der Waals surface area (Å²) in [4.78, 5) is 9.71. The van der Waals surface area contributed by atoms with E-state index in [-0.39, 0.29) is 0 Å². The second kappa shape index (κ2) is 1.97. The van der Waals surface area contributed by atoms with Gasteiger partial charge >= 0.3 is 0 Å². The Hall–Kier alpha value is -0.310. The fourth-order valence-electron chi connectivity index (χ4n) is 0. The number of hydrogen-bond acceptors (Lipinski definition) is 1. The number of nitrogens with two attached hydrogens (primary N) is 1. The Kier molecular flexibility index (Phi) is 1.27. The van der Waals surface area contributed by atoms with E-state index in [2.05, 4.69) is 11.6 Å². The number of rotatable bonds is 1. The highest BCUT2D eigenvalue weighted by molar-refractivity contribution is 6.29. The molecular weight excluding hydrogens is 108 g/mol. The molecule has 0 aliphatic rings. The zero-order valence-corrected chi connectivity index (χ0v) is 3.50. The van der Waals surface area contributed by atoms with E-state index in [1.165, 1.54) is 5.73 Å². The second-order valence-electron chi connectivity index (χ2n) is 0.665. The van der Waals surface area contributed by atoms with Gasteiger partial charge in [0.2, 0.25) is 0 Å². The topological polar surface area (TPSA) is 43.1 Å². The van der Waals surface area contributed by atoms with Crippen molar-refractivity contribution in [2.45, 2.75) is 5.63 Å². The van der Waals surface area contributed by atoms with Gasteiger partial charge in [0.05, 0.1) is 0 Å². The third-order valence-corrected chi connectivity index (χ3v) is 0.396. The minimum Gasteiger partial charge on any atom is -0.366 e. The van der Waals surface area contributed by atoms with Gasteiger partial charge in [-0.1, -0.05) is 11.6 Å². The molecule has 0 spiro atoms. The molecule has 0 rings (SSSR count). The molecule has 36 valence electrons. The zero-order chi connectivity index (χ0) is 5.86. The van der Waals surface area contributed by atoms with Crippen LogP contribution < -0.4 is 5.73 Å².